The van der Waals surface area contributed by atoms with E-state index in [-0.39, 0.29) is 12.8 Å². The van der Waals surface area contributed by atoms with Crippen molar-refractivity contribution in [3.63, 3.8) is 0 Å². The molecule has 0 fully saturated rings. The Labute approximate surface area is 103 Å². The second-order valence-corrected chi connectivity index (χ2v) is 3.41. The lowest BCUT2D eigenvalue weighted by atomic mass is 10.3. The number of hydrogen-bond donors (Lipinski definition) is 0. The smallest absolute Gasteiger partial charge is 0.325 e. The molecule has 0 saturated carbocycles. The summed E-state index contributed by atoms with van der Waals surface area (Å²) in [4.78, 5) is 22.2. The van der Waals surface area contributed by atoms with E-state index in [9.17, 15) is 9.59 Å². The number of carbonyl (C=O) groups excluding carboxylic acids is 2. The van der Waals surface area contributed by atoms with Gasteiger partial charge in [0, 0.05) is 12.8 Å². The maximum absolute atomic E-state index is 11.1. The van der Waals surface area contributed by atoms with E-state index in [1.807, 2.05) is 13.8 Å². The van der Waals surface area contributed by atoms with Gasteiger partial charge in [-0.3, -0.25) is 9.59 Å². The van der Waals surface area contributed by atoms with Gasteiger partial charge in [0.15, 0.2) is 0 Å². The highest BCUT2D eigenvalue weighted by molar-refractivity contribution is 5.87. The Balaban J connectivity index is 3.79. The van der Waals surface area contributed by atoms with Crippen molar-refractivity contribution < 1.29 is 14.3 Å². The zero-order valence-corrected chi connectivity index (χ0v) is 10.5. The topological polar surface area (TPSA) is 43.4 Å². The molecule has 0 rings (SSSR count). The van der Waals surface area contributed by atoms with Crippen molar-refractivity contribution in [2.24, 2.45) is 0 Å². The van der Waals surface area contributed by atoms with E-state index in [2.05, 4.69) is 28.4 Å². The highest BCUT2D eigenvalue weighted by atomic mass is 16.6. The zero-order valence-electron chi connectivity index (χ0n) is 10.5. The van der Waals surface area contributed by atoms with Gasteiger partial charge in [-0.15, -0.1) is 11.8 Å². The van der Waals surface area contributed by atoms with Crippen LogP contribution in [0.1, 0.15) is 52.4 Å². The number of hydrogen-bond acceptors (Lipinski definition) is 3. The maximum Gasteiger partial charge on any atom is 0.325 e. The van der Waals surface area contributed by atoms with Gasteiger partial charge < -0.3 is 4.74 Å². The molecule has 17 heavy (non-hydrogen) atoms. The Morgan fingerprint density at radius 2 is 1.24 bits per heavy atom. The molecule has 0 bridgehead atoms. The van der Waals surface area contributed by atoms with Crippen LogP contribution in [0.15, 0.2) is 0 Å². The van der Waals surface area contributed by atoms with Crippen LogP contribution in [0.5, 0.6) is 0 Å². The number of esters is 2. The lowest BCUT2D eigenvalue weighted by molar-refractivity contribution is -0.158. The molecule has 0 atom stereocenters. The summed E-state index contributed by atoms with van der Waals surface area (Å²) in [5.74, 6) is 9.73. The summed E-state index contributed by atoms with van der Waals surface area (Å²) in [7, 11) is 0. The second kappa shape index (κ2) is 10.8. The van der Waals surface area contributed by atoms with Crippen molar-refractivity contribution in [3.05, 3.63) is 0 Å². The maximum atomic E-state index is 11.1. The van der Waals surface area contributed by atoms with Crippen LogP contribution in [-0.2, 0) is 14.3 Å². The molecule has 0 aromatic rings. The van der Waals surface area contributed by atoms with Crippen LogP contribution in [0.25, 0.3) is 0 Å². The lowest BCUT2D eigenvalue weighted by Crippen LogP contribution is -2.10. The van der Waals surface area contributed by atoms with Gasteiger partial charge in [0.25, 0.3) is 0 Å². The SMILES string of the molecule is CCCC#CCC(=O)OC(=O)CC#CCCC. The fourth-order valence-electron chi connectivity index (χ4n) is 0.895. The van der Waals surface area contributed by atoms with Crippen molar-refractivity contribution in [1.82, 2.24) is 0 Å². The molecule has 0 aromatic carbocycles. The summed E-state index contributed by atoms with van der Waals surface area (Å²) in [6.07, 6.45) is 3.34. The number of unbranched alkanes of at least 4 members (excludes halogenated alkanes) is 2. The quantitative estimate of drug-likeness (QED) is 0.426. The van der Waals surface area contributed by atoms with Crippen LogP contribution in [0.2, 0.25) is 0 Å². The third-order valence-electron chi connectivity index (χ3n) is 1.69. The van der Waals surface area contributed by atoms with Gasteiger partial charge in [-0.1, -0.05) is 25.7 Å². The summed E-state index contributed by atoms with van der Waals surface area (Å²) >= 11 is 0. The molecule has 0 radical (unpaired) electrons. The average molecular weight is 234 g/mol. The second-order valence-electron chi connectivity index (χ2n) is 3.41. The summed E-state index contributed by atoms with van der Waals surface area (Å²) < 4.78 is 4.53. The largest absolute Gasteiger partial charge is 0.392 e. The molecule has 0 spiro atoms. The molecule has 0 amide bonds. The number of carbonyl (C=O) groups is 2. The minimum Gasteiger partial charge on any atom is -0.392 e. The zero-order chi connectivity index (χ0) is 12.9. The van der Waals surface area contributed by atoms with E-state index in [4.69, 9.17) is 0 Å². The summed E-state index contributed by atoms with van der Waals surface area (Å²) in [5, 5.41) is 0. The first kappa shape index (κ1) is 15.3. The Hall–Kier alpha value is -1.74. The highest BCUT2D eigenvalue weighted by Gasteiger charge is 2.06. The standard InChI is InChI=1S/C14H18O3/c1-3-5-7-9-11-13(15)17-14(16)12-10-8-6-4-2/h3-6,11-12H2,1-2H3. The summed E-state index contributed by atoms with van der Waals surface area (Å²) in [6, 6.07) is 0. The van der Waals surface area contributed by atoms with Crippen molar-refractivity contribution in [2.45, 2.75) is 52.4 Å². The predicted octanol–water partition coefficient (Wildman–Crippen LogP) is 2.44. The Morgan fingerprint density at radius 3 is 1.59 bits per heavy atom. The van der Waals surface area contributed by atoms with E-state index < -0.39 is 11.9 Å². The summed E-state index contributed by atoms with van der Waals surface area (Å²) in [6.45, 7) is 4.01. The van der Waals surface area contributed by atoms with Crippen molar-refractivity contribution in [2.75, 3.05) is 0 Å². The molecule has 3 heteroatoms. The van der Waals surface area contributed by atoms with Gasteiger partial charge in [0.1, 0.15) is 12.8 Å². The van der Waals surface area contributed by atoms with Crippen molar-refractivity contribution >= 4 is 11.9 Å². The molecule has 92 valence electrons. The monoisotopic (exact) mass is 234 g/mol. The summed E-state index contributed by atoms with van der Waals surface area (Å²) in [5.41, 5.74) is 0. The molecular formula is C14H18O3. The minimum atomic E-state index is -0.601. The molecule has 0 saturated heterocycles. The number of ether oxygens (including phenoxy) is 1. The molecular weight excluding hydrogens is 216 g/mol. The Bertz CT molecular complexity index is 324. The Kier molecular flexibility index (Phi) is 9.67. The predicted molar refractivity (Wildman–Crippen MR) is 65.7 cm³/mol. The van der Waals surface area contributed by atoms with Crippen LogP contribution in [-0.4, -0.2) is 11.9 Å². The van der Waals surface area contributed by atoms with Crippen molar-refractivity contribution in [3.8, 4) is 23.7 Å². The average Bonchev–Trinajstić information content (AvgIpc) is 2.30. The van der Waals surface area contributed by atoms with E-state index in [0.29, 0.717) is 0 Å². The van der Waals surface area contributed by atoms with Gasteiger partial charge in [0.2, 0.25) is 0 Å². The Morgan fingerprint density at radius 1 is 0.824 bits per heavy atom. The van der Waals surface area contributed by atoms with Crippen LogP contribution in [0.3, 0.4) is 0 Å². The molecule has 0 N–H and O–H groups in total. The third-order valence-corrected chi connectivity index (χ3v) is 1.69. The van der Waals surface area contributed by atoms with Crippen LogP contribution in [0.4, 0.5) is 0 Å². The number of rotatable bonds is 4. The fourth-order valence-corrected chi connectivity index (χ4v) is 0.895. The third kappa shape index (κ3) is 10.5. The van der Waals surface area contributed by atoms with E-state index in [1.54, 1.807) is 0 Å². The normalized spacial score (nSPS) is 8.35. The van der Waals surface area contributed by atoms with Crippen LogP contribution >= 0.6 is 0 Å². The molecule has 0 heterocycles. The van der Waals surface area contributed by atoms with Crippen LogP contribution in [0, 0.1) is 23.7 Å². The molecule has 0 aromatic heterocycles. The molecule has 3 nitrogen and oxygen atoms in total. The van der Waals surface area contributed by atoms with Gasteiger partial charge >= 0.3 is 11.9 Å². The highest BCUT2D eigenvalue weighted by Crippen LogP contribution is 1.91. The van der Waals surface area contributed by atoms with E-state index in [1.165, 1.54) is 0 Å². The van der Waals surface area contributed by atoms with Crippen LogP contribution < -0.4 is 0 Å². The van der Waals surface area contributed by atoms with Gasteiger partial charge in [-0.25, -0.2) is 0 Å². The van der Waals surface area contributed by atoms with Gasteiger partial charge in [-0.2, -0.15) is 0 Å². The minimum absolute atomic E-state index is 0.0336. The first-order valence-electron chi connectivity index (χ1n) is 5.85. The van der Waals surface area contributed by atoms with E-state index >= 15 is 0 Å². The van der Waals surface area contributed by atoms with Crippen molar-refractivity contribution in [1.29, 1.82) is 0 Å². The lowest BCUT2D eigenvalue weighted by Gasteiger charge is -1.95. The first-order valence-corrected chi connectivity index (χ1v) is 5.85. The molecule has 0 aliphatic carbocycles. The van der Waals surface area contributed by atoms with Gasteiger partial charge in [-0.05, 0) is 12.8 Å². The fraction of sp³-hybridized carbons (Fsp3) is 0.571. The molecule has 0 aliphatic heterocycles. The van der Waals surface area contributed by atoms with Gasteiger partial charge in [0.05, 0.1) is 0 Å². The first-order chi connectivity index (χ1) is 8.20. The molecule has 0 aliphatic rings. The van der Waals surface area contributed by atoms with E-state index in [0.717, 1.165) is 25.7 Å². The molecule has 0 unspecified atom stereocenters.